The first-order valence-corrected chi connectivity index (χ1v) is 7.59. The van der Waals surface area contributed by atoms with Gasteiger partial charge in [0.15, 0.2) is 0 Å². The molecular weight excluding hydrogens is 268 g/mol. The zero-order chi connectivity index (χ0) is 13.1. The molecule has 2 N–H and O–H groups in total. The molecule has 100 valence electrons. The van der Waals surface area contributed by atoms with Crippen molar-refractivity contribution in [2.24, 2.45) is 0 Å². The number of aryl methyl sites for hydroxylation is 1. The summed E-state index contributed by atoms with van der Waals surface area (Å²) >= 11 is 7.53. The minimum absolute atomic E-state index is 0.0222. The summed E-state index contributed by atoms with van der Waals surface area (Å²) in [6.07, 6.45) is 4.33. The Labute approximate surface area is 117 Å². The molecule has 0 unspecified atom stereocenters. The first-order valence-electron chi connectivity index (χ1n) is 6.33. The number of thiophene rings is 1. The molecule has 1 saturated carbocycles. The van der Waals surface area contributed by atoms with E-state index >= 15 is 0 Å². The first kappa shape index (κ1) is 13.8. The van der Waals surface area contributed by atoms with Crippen molar-refractivity contribution in [1.82, 2.24) is 10.6 Å². The fourth-order valence-corrected chi connectivity index (χ4v) is 3.54. The van der Waals surface area contributed by atoms with Gasteiger partial charge in [0.25, 0.3) is 5.91 Å². The second-order valence-corrected chi connectivity index (χ2v) is 6.13. The largest absolute Gasteiger partial charge is 0.349 e. The van der Waals surface area contributed by atoms with Crippen molar-refractivity contribution in [1.29, 1.82) is 0 Å². The monoisotopic (exact) mass is 286 g/mol. The first-order chi connectivity index (χ1) is 8.61. The van der Waals surface area contributed by atoms with Crippen LogP contribution in [0.5, 0.6) is 0 Å². The minimum atomic E-state index is -0.0222. The van der Waals surface area contributed by atoms with Crippen LogP contribution in [0.15, 0.2) is 5.38 Å². The summed E-state index contributed by atoms with van der Waals surface area (Å²) in [6.45, 7) is 1.92. The highest BCUT2D eigenvalue weighted by molar-refractivity contribution is 7.13. The van der Waals surface area contributed by atoms with E-state index in [0.29, 0.717) is 22.0 Å². The quantitative estimate of drug-likeness (QED) is 0.897. The van der Waals surface area contributed by atoms with Crippen LogP contribution in [0.1, 0.15) is 40.9 Å². The van der Waals surface area contributed by atoms with Gasteiger partial charge >= 0.3 is 0 Å². The molecule has 18 heavy (non-hydrogen) atoms. The summed E-state index contributed by atoms with van der Waals surface area (Å²) in [5.74, 6) is -0.0222. The Bertz CT molecular complexity index is 425. The number of rotatable bonds is 3. The number of carbonyl (C=O) groups excluding carboxylic acids is 1. The van der Waals surface area contributed by atoms with E-state index in [1.807, 2.05) is 19.4 Å². The van der Waals surface area contributed by atoms with E-state index in [9.17, 15) is 4.79 Å². The molecule has 1 fully saturated rings. The van der Waals surface area contributed by atoms with Gasteiger partial charge in [-0.25, -0.2) is 0 Å². The fraction of sp³-hybridized carbons (Fsp3) is 0.615. The zero-order valence-corrected chi connectivity index (χ0v) is 12.3. The molecule has 0 saturated heterocycles. The topological polar surface area (TPSA) is 41.1 Å². The summed E-state index contributed by atoms with van der Waals surface area (Å²) in [7, 11) is 2.00. The highest BCUT2D eigenvalue weighted by atomic mass is 35.5. The molecule has 3 nitrogen and oxygen atoms in total. The van der Waals surface area contributed by atoms with E-state index < -0.39 is 0 Å². The van der Waals surface area contributed by atoms with Crippen LogP contribution in [0.3, 0.4) is 0 Å². The van der Waals surface area contributed by atoms with Gasteiger partial charge in [0.1, 0.15) is 4.88 Å². The van der Waals surface area contributed by atoms with Crippen LogP contribution in [0.2, 0.25) is 5.02 Å². The summed E-state index contributed by atoms with van der Waals surface area (Å²) < 4.78 is 0. The normalized spacial score (nSPS) is 23.9. The van der Waals surface area contributed by atoms with Gasteiger partial charge < -0.3 is 10.6 Å². The molecule has 1 amide bonds. The lowest BCUT2D eigenvalue weighted by molar-refractivity contribution is 0.0929. The van der Waals surface area contributed by atoms with Gasteiger partial charge in [-0.05, 0) is 50.6 Å². The highest BCUT2D eigenvalue weighted by Crippen LogP contribution is 2.27. The van der Waals surface area contributed by atoms with Crippen LogP contribution in [-0.4, -0.2) is 25.0 Å². The molecule has 1 heterocycles. The summed E-state index contributed by atoms with van der Waals surface area (Å²) in [6, 6.07) is 0.895. The van der Waals surface area contributed by atoms with Gasteiger partial charge in [0.2, 0.25) is 0 Å². The number of carbonyl (C=O) groups is 1. The number of hydrogen-bond acceptors (Lipinski definition) is 3. The molecule has 0 radical (unpaired) electrons. The predicted octanol–water partition coefficient (Wildman–Crippen LogP) is 2.97. The van der Waals surface area contributed by atoms with E-state index in [1.165, 1.54) is 11.3 Å². The van der Waals surface area contributed by atoms with Crippen LogP contribution in [0.25, 0.3) is 0 Å². The van der Waals surface area contributed by atoms with Crippen molar-refractivity contribution in [2.75, 3.05) is 7.05 Å². The van der Waals surface area contributed by atoms with Gasteiger partial charge in [0.05, 0.1) is 5.02 Å². The molecule has 0 atom stereocenters. The molecule has 0 aliphatic heterocycles. The lowest BCUT2D eigenvalue weighted by Crippen LogP contribution is -2.41. The van der Waals surface area contributed by atoms with Gasteiger partial charge in [-0.15, -0.1) is 11.3 Å². The lowest BCUT2D eigenvalue weighted by Gasteiger charge is -2.28. The Morgan fingerprint density at radius 3 is 2.44 bits per heavy atom. The van der Waals surface area contributed by atoms with Crippen LogP contribution < -0.4 is 10.6 Å². The lowest BCUT2D eigenvalue weighted by atomic mass is 9.91. The maximum atomic E-state index is 12.1. The average molecular weight is 287 g/mol. The average Bonchev–Trinajstić information content (AvgIpc) is 2.71. The van der Waals surface area contributed by atoms with Gasteiger partial charge in [-0.3, -0.25) is 4.79 Å². The molecule has 0 aromatic carbocycles. The molecule has 0 spiro atoms. The standard InChI is InChI=1S/C13H19ClN2OS/c1-8-7-18-12(11(8)14)13(17)16-10-5-3-9(15-2)4-6-10/h7,9-10,15H,3-6H2,1-2H3,(H,16,17). The molecule has 5 heteroatoms. The van der Waals surface area contributed by atoms with E-state index in [-0.39, 0.29) is 5.91 Å². The molecule has 1 aliphatic rings. The van der Waals surface area contributed by atoms with Gasteiger partial charge in [-0.2, -0.15) is 0 Å². The molecule has 1 aromatic heterocycles. The SMILES string of the molecule is CNC1CCC(NC(=O)c2scc(C)c2Cl)CC1. The Balaban J connectivity index is 1.91. The van der Waals surface area contributed by atoms with Crippen molar-refractivity contribution in [3.63, 3.8) is 0 Å². The third-order valence-corrected chi connectivity index (χ3v) is 5.27. The van der Waals surface area contributed by atoms with Crippen molar-refractivity contribution < 1.29 is 4.79 Å². The summed E-state index contributed by atoms with van der Waals surface area (Å²) in [4.78, 5) is 12.7. The van der Waals surface area contributed by atoms with Gasteiger partial charge in [-0.1, -0.05) is 11.6 Å². The number of halogens is 1. The van der Waals surface area contributed by atoms with E-state index in [0.717, 1.165) is 31.2 Å². The fourth-order valence-electron chi connectivity index (χ4n) is 2.36. The van der Waals surface area contributed by atoms with E-state index in [2.05, 4.69) is 10.6 Å². The van der Waals surface area contributed by atoms with Crippen LogP contribution >= 0.6 is 22.9 Å². The van der Waals surface area contributed by atoms with Crippen molar-refractivity contribution >= 4 is 28.8 Å². The Morgan fingerprint density at radius 2 is 1.94 bits per heavy atom. The third-order valence-electron chi connectivity index (χ3n) is 3.58. The zero-order valence-electron chi connectivity index (χ0n) is 10.8. The molecular formula is C13H19ClN2OS. The number of nitrogens with one attached hydrogen (secondary N) is 2. The number of hydrogen-bond donors (Lipinski definition) is 2. The summed E-state index contributed by atoms with van der Waals surface area (Å²) in [5, 5.41) is 8.91. The molecule has 0 bridgehead atoms. The highest BCUT2D eigenvalue weighted by Gasteiger charge is 2.23. The Kier molecular flexibility index (Phi) is 4.65. The third kappa shape index (κ3) is 3.05. The van der Waals surface area contributed by atoms with Crippen molar-refractivity contribution in [3.8, 4) is 0 Å². The minimum Gasteiger partial charge on any atom is -0.349 e. The van der Waals surface area contributed by atoms with Crippen LogP contribution in [0, 0.1) is 6.92 Å². The second-order valence-electron chi connectivity index (χ2n) is 4.87. The Hall–Kier alpha value is -0.580. The molecule has 1 aromatic rings. The van der Waals surface area contributed by atoms with E-state index in [1.54, 1.807) is 0 Å². The van der Waals surface area contributed by atoms with Crippen LogP contribution in [0.4, 0.5) is 0 Å². The summed E-state index contributed by atoms with van der Waals surface area (Å²) in [5.41, 5.74) is 0.978. The van der Waals surface area contributed by atoms with E-state index in [4.69, 9.17) is 11.6 Å². The van der Waals surface area contributed by atoms with Gasteiger partial charge in [0, 0.05) is 12.1 Å². The smallest absolute Gasteiger partial charge is 0.263 e. The maximum absolute atomic E-state index is 12.1. The second kappa shape index (κ2) is 6.04. The van der Waals surface area contributed by atoms with Crippen molar-refractivity contribution in [3.05, 3.63) is 20.8 Å². The van der Waals surface area contributed by atoms with Crippen LogP contribution in [-0.2, 0) is 0 Å². The Morgan fingerprint density at radius 1 is 1.33 bits per heavy atom. The number of amides is 1. The molecule has 2 rings (SSSR count). The maximum Gasteiger partial charge on any atom is 0.263 e. The van der Waals surface area contributed by atoms with Crippen molar-refractivity contribution in [2.45, 2.75) is 44.7 Å². The predicted molar refractivity (Wildman–Crippen MR) is 76.6 cm³/mol. The molecule has 1 aliphatic carbocycles.